The maximum absolute atomic E-state index is 12.4. The molecule has 4 rings (SSSR count). The van der Waals surface area contributed by atoms with Gasteiger partial charge in [-0.05, 0) is 49.9 Å². The molecule has 2 N–H and O–H groups in total. The summed E-state index contributed by atoms with van der Waals surface area (Å²) in [6.07, 6.45) is 5.01. The molecule has 6 heteroatoms. The van der Waals surface area contributed by atoms with Gasteiger partial charge in [0.15, 0.2) is 0 Å². The SMILES string of the molecule is O=C(CC1Sc2ccccc2NC1=O)Nc1cccc(OC2CCCC2)c1. The molecule has 2 amide bonds. The predicted octanol–water partition coefficient (Wildman–Crippen LogP) is 4.45. The predicted molar refractivity (Wildman–Crippen MR) is 107 cm³/mol. The Morgan fingerprint density at radius 1 is 1.15 bits per heavy atom. The highest BCUT2D eigenvalue weighted by molar-refractivity contribution is 8.01. The van der Waals surface area contributed by atoms with Gasteiger partial charge in [0.2, 0.25) is 11.8 Å². The van der Waals surface area contributed by atoms with Crippen molar-refractivity contribution < 1.29 is 14.3 Å². The Bertz CT molecular complexity index is 849. The molecule has 2 aliphatic rings. The molecule has 1 aliphatic heterocycles. The van der Waals surface area contributed by atoms with Gasteiger partial charge in [-0.2, -0.15) is 0 Å². The quantitative estimate of drug-likeness (QED) is 0.802. The summed E-state index contributed by atoms with van der Waals surface area (Å²) in [7, 11) is 0. The van der Waals surface area contributed by atoms with Gasteiger partial charge in [0.05, 0.1) is 17.0 Å². The molecule has 2 aromatic carbocycles. The first kappa shape index (κ1) is 17.9. The molecule has 140 valence electrons. The third-order valence-electron chi connectivity index (χ3n) is 4.80. The second kappa shape index (κ2) is 8.05. The number of rotatable bonds is 5. The van der Waals surface area contributed by atoms with Gasteiger partial charge in [-0.3, -0.25) is 9.59 Å². The zero-order valence-corrected chi connectivity index (χ0v) is 15.8. The van der Waals surface area contributed by atoms with Crippen molar-refractivity contribution in [2.75, 3.05) is 10.6 Å². The molecule has 1 unspecified atom stereocenters. The average molecular weight is 382 g/mol. The van der Waals surface area contributed by atoms with Crippen molar-refractivity contribution in [3.05, 3.63) is 48.5 Å². The number of ether oxygens (including phenoxy) is 1. The molecule has 27 heavy (non-hydrogen) atoms. The zero-order valence-electron chi connectivity index (χ0n) is 14.9. The van der Waals surface area contributed by atoms with Crippen molar-refractivity contribution >= 4 is 35.0 Å². The Labute approximate surface area is 162 Å². The van der Waals surface area contributed by atoms with Crippen molar-refractivity contribution in [1.29, 1.82) is 0 Å². The summed E-state index contributed by atoms with van der Waals surface area (Å²) >= 11 is 1.43. The van der Waals surface area contributed by atoms with Gasteiger partial charge in [0, 0.05) is 23.1 Å². The van der Waals surface area contributed by atoms with E-state index in [0.717, 1.165) is 29.2 Å². The molecule has 0 saturated heterocycles. The lowest BCUT2D eigenvalue weighted by molar-refractivity contribution is -0.120. The molecule has 0 aromatic heterocycles. The summed E-state index contributed by atoms with van der Waals surface area (Å²) in [5.41, 5.74) is 1.50. The largest absolute Gasteiger partial charge is 0.490 e. The number of fused-ring (bicyclic) bond motifs is 1. The Hall–Kier alpha value is -2.47. The number of amides is 2. The van der Waals surface area contributed by atoms with Gasteiger partial charge in [-0.15, -0.1) is 11.8 Å². The average Bonchev–Trinajstić information content (AvgIpc) is 3.15. The van der Waals surface area contributed by atoms with Crippen LogP contribution in [-0.4, -0.2) is 23.2 Å². The molecular formula is C21H22N2O3S. The topological polar surface area (TPSA) is 67.4 Å². The van der Waals surface area contributed by atoms with Crippen LogP contribution < -0.4 is 15.4 Å². The fourth-order valence-corrected chi connectivity index (χ4v) is 4.56. The van der Waals surface area contributed by atoms with Gasteiger partial charge in [-0.1, -0.05) is 18.2 Å². The number of nitrogens with one attached hydrogen (secondary N) is 2. The molecule has 1 aliphatic carbocycles. The number of hydrogen-bond acceptors (Lipinski definition) is 4. The van der Waals surface area contributed by atoms with E-state index in [-0.39, 0.29) is 24.3 Å². The van der Waals surface area contributed by atoms with E-state index < -0.39 is 5.25 Å². The molecule has 0 radical (unpaired) electrons. The van der Waals surface area contributed by atoms with E-state index in [0.29, 0.717) is 5.69 Å². The molecular weight excluding hydrogens is 360 g/mol. The van der Waals surface area contributed by atoms with E-state index in [9.17, 15) is 9.59 Å². The maximum atomic E-state index is 12.4. The molecule has 0 spiro atoms. The van der Waals surface area contributed by atoms with Gasteiger partial charge < -0.3 is 15.4 Å². The fraction of sp³-hybridized carbons (Fsp3) is 0.333. The molecule has 1 atom stereocenters. The van der Waals surface area contributed by atoms with E-state index >= 15 is 0 Å². The second-order valence-corrected chi connectivity index (χ2v) is 8.14. The maximum Gasteiger partial charge on any atom is 0.238 e. The van der Waals surface area contributed by atoms with Gasteiger partial charge >= 0.3 is 0 Å². The number of benzene rings is 2. The van der Waals surface area contributed by atoms with Crippen molar-refractivity contribution in [2.45, 2.75) is 48.4 Å². The second-order valence-electron chi connectivity index (χ2n) is 6.90. The van der Waals surface area contributed by atoms with Crippen LogP contribution in [0.3, 0.4) is 0 Å². The number of carbonyl (C=O) groups excluding carboxylic acids is 2. The highest BCUT2D eigenvalue weighted by Gasteiger charge is 2.28. The van der Waals surface area contributed by atoms with Crippen LogP contribution >= 0.6 is 11.8 Å². The lowest BCUT2D eigenvalue weighted by Gasteiger charge is -2.23. The molecule has 0 bridgehead atoms. The first-order valence-electron chi connectivity index (χ1n) is 9.30. The van der Waals surface area contributed by atoms with Crippen LogP contribution in [0.15, 0.2) is 53.4 Å². The molecule has 1 fully saturated rings. The van der Waals surface area contributed by atoms with Crippen molar-refractivity contribution in [3.8, 4) is 5.75 Å². The Balaban J connectivity index is 1.36. The van der Waals surface area contributed by atoms with E-state index in [1.807, 2.05) is 48.5 Å². The molecule has 5 nitrogen and oxygen atoms in total. The minimum absolute atomic E-state index is 0.124. The Morgan fingerprint density at radius 2 is 1.96 bits per heavy atom. The standard InChI is InChI=1S/C21H22N2O3S/c24-20(13-19-21(25)23-17-10-3-4-11-18(17)27-19)22-14-6-5-9-16(12-14)26-15-7-1-2-8-15/h3-6,9-12,15,19H,1-2,7-8,13H2,(H,22,24)(H,23,25). The smallest absolute Gasteiger partial charge is 0.238 e. The van der Waals surface area contributed by atoms with Crippen LogP contribution in [0.5, 0.6) is 5.75 Å². The Kier molecular flexibility index (Phi) is 5.34. The lowest BCUT2D eigenvalue weighted by Crippen LogP contribution is -2.32. The number of hydrogen-bond donors (Lipinski definition) is 2. The van der Waals surface area contributed by atoms with Crippen molar-refractivity contribution in [1.82, 2.24) is 0 Å². The van der Waals surface area contributed by atoms with Crippen LogP contribution in [0.2, 0.25) is 0 Å². The summed E-state index contributed by atoms with van der Waals surface area (Å²) in [4.78, 5) is 25.7. The highest BCUT2D eigenvalue weighted by Crippen LogP contribution is 2.36. The highest BCUT2D eigenvalue weighted by atomic mass is 32.2. The minimum Gasteiger partial charge on any atom is -0.490 e. The third kappa shape index (κ3) is 4.45. The van der Waals surface area contributed by atoms with Crippen LogP contribution in [0, 0.1) is 0 Å². The van der Waals surface area contributed by atoms with E-state index in [1.165, 1.54) is 24.6 Å². The first-order valence-corrected chi connectivity index (χ1v) is 10.2. The summed E-state index contributed by atoms with van der Waals surface area (Å²) in [6.45, 7) is 0. The lowest BCUT2D eigenvalue weighted by atomic mass is 10.2. The summed E-state index contributed by atoms with van der Waals surface area (Å²) < 4.78 is 5.98. The van der Waals surface area contributed by atoms with E-state index in [4.69, 9.17) is 4.74 Å². The number of thioether (sulfide) groups is 1. The van der Waals surface area contributed by atoms with Gasteiger partial charge in [0.25, 0.3) is 0 Å². The molecule has 1 saturated carbocycles. The number of anilines is 2. The van der Waals surface area contributed by atoms with Crippen molar-refractivity contribution in [2.24, 2.45) is 0 Å². The van der Waals surface area contributed by atoms with Crippen LogP contribution in [-0.2, 0) is 9.59 Å². The third-order valence-corrected chi connectivity index (χ3v) is 6.08. The molecule has 2 aromatic rings. The van der Waals surface area contributed by atoms with Gasteiger partial charge in [-0.25, -0.2) is 0 Å². The number of para-hydroxylation sites is 1. The van der Waals surface area contributed by atoms with E-state index in [1.54, 1.807) is 0 Å². The fourth-order valence-electron chi connectivity index (χ4n) is 3.45. The summed E-state index contributed by atoms with van der Waals surface area (Å²) in [6, 6.07) is 15.1. The zero-order chi connectivity index (χ0) is 18.6. The van der Waals surface area contributed by atoms with Gasteiger partial charge in [0.1, 0.15) is 5.75 Å². The van der Waals surface area contributed by atoms with Crippen molar-refractivity contribution in [3.63, 3.8) is 0 Å². The summed E-state index contributed by atoms with van der Waals surface area (Å²) in [5, 5.41) is 5.32. The normalized spacial score (nSPS) is 19.3. The van der Waals surface area contributed by atoms with Crippen LogP contribution in [0.25, 0.3) is 0 Å². The minimum atomic E-state index is -0.433. The molecule has 1 heterocycles. The van der Waals surface area contributed by atoms with Crippen LogP contribution in [0.1, 0.15) is 32.1 Å². The number of carbonyl (C=O) groups is 2. The first-order chi connectivity index (χ1) is 13.2. The van der Waals surface area contributed by atoms with Crippen LogP contribution in [0.4, 0.5) is 11.4 Å². The van der Waals surface area contributed by atoms with E-state index in [2.05, 4.69) is 10.6 Å². The summed E-state index contributed by atoms with van der Waals surface area (Å²) in [5.74, 6) is 0.464. The Morgan fingerprint density at radius 3 is 2.81 bits per heavy atom. The monoisotopic (exact) mass is 382 g/mol.